The number of hydrogen-bond donors (Lipinski definition) is 0. The number of amides is 1. The van der Waals surface area contributed by atoms with Crippen molar-refractivity contribution in [1.82, 2.24) is 4.90 Å². The molecule has 0 saturated carbocycles. The average molecular weight is 624 g/mol. The summed E-state index contributed by atoms with van der Waals surface area (Å²) in [5.41, 5.74) is 3.02. The van der Waals surface area contributed by atoms with Crippen LogP contribution in [-0.4, -0.2) is 30.1 Å². The Hall–Kier alpha value is -4.73. The summed E-state index contributed by atoms with van der Waals surface area (Å²) in [5.74, 6) is -2.16. The highest BCUT2D eigenvalue weighted by Gasteiger charge is 2.41. The zero-order valence-corrected chi connectivity index (χ0v) is 25.2. The van der Waals surface area contributed by atoms with Gasteiger partial charge in [-0.15, -0.1) is 0 Å². The van der Waals surface area contributed by atoms with Crippen LogP contribution in [0.2, 0.25) is 0 Å². The van der Waals surface area contributed by atoms with E-state index in [2.05, 4.69) is 0 Å². The number of halogens is 5. The molecule has 0 unspecified atom stereocenters. The van der Waals surface area contributed by atoms with Crippen LogP contribution in [-0.2, 0) is 22.2 Å². The van der Waals surface area contributed by atoms with Crippen molar-refractivity contribution in [3.8, 4) is 22.3 Å². The van der Waals surface area contributed by atoms with Gasteiger partial charge in [0.25, 0.3) is 0 Å². The van der Waals surface area contributed by atoms with Crippen molar-refractivity contribution < 1.29 is 41.0 Å². The van der Waals surface area contributed by atoms with Crippen LogP contribution in [0.15, 0.2) is 66.7 Å². The Labute approximate surface area is 257 Å². The highest BCUT2D eigenvalue weighted by Crippen LogP contribution is 2.40. The molecule has 10 heteroatoms. The van der Waals surface area contributed by atoms with Gasteiger partial charge in [0.15, 0.2) is 0 Å². The number of carbonyl (C=O) groups excluding carboxylic acids is 2. The van der Waals surface area contributed by atoms with E-state index in [1.54, 1.807) is 50.2 Å². The quantitative estimate of drug-likeness (QED) is 0.159. The van der Waals surface area contributed by atoms with Gasteiger partial charge in [0.05, 0.1) is 30.8 Å². The number of esters is 1. The van der Waals surface area contributed by atoms with E-state index in [-0.39, 0.29) is 28.8 Å². The van der Waals surface area contributed by atoms with Crippen molar-refractivity contribution in [3.05, 3.63) is 117 Å². The molecule has 4 aromatic rings. The SMILES string of the molecule is COC(=O)c1ccc(-c2cc(-c3ccc(C)cc3CN3C(=O)O[C@H](c4cc(C)cc(C(F)(F)F)c4)[C@@H]3C)c(F)cc2F)c(C)c1. The molecule has 5 nitrogen and oxygen atoms in total. The largest absolute Gasteiger partial charge is 0.465 e. The molecule has 2 atom stereocenters. The van der Waals surface area contributed by atoms with Gasteiger partial charge in [-0.3, -0.25) is 4.90 Å². The predicted octanol–water partition coefficient (Wildman–Crippen LogP) is 9.11. The third kappa shape index (κ3) is 6.27. The number of carbonyl (C=O) groups is 2. The Balaban J connectivity index is 1.52. The van der Waals surface area contributed by atoms with Gasteiger partial charge in [0.1, 0.15) is 17.7 Å². The average Bonchev–Trinajstić information content (AvgIpc) is 3.25. The topological polar surface area (TPSA) is 55.8 Å². The fraction of sp³-hybridized carbons (Fsp3) is 0.257. The fourth-order valence-corrected chi connectivity index (χ4v) is 5.77. The molecule has 1 heterocycles. The number of methoxy groups -OCH3 is 1. The monoisotopic (exact) mass is 623 g/mol. The van der Waals surface area contributed by atoms with E-state index >= 15 is 8.78 Å². The van der Waals surface area contributed by atoms with Crippen molar-refractivity contribution in [3.63, 3.8) is 0 Å². The first-order valence-electron chi connectivity index (χ1n) is 14.1. The molecule has 0 bridgehead atoms. The van der Waals surface area contributed by atoms with E-state index in [0.717, 1.165) is 23.8 Å². The Morgan fingerprint density at radius 1 is 0.844 bits per heavy atom. The molecule has 1 fully saturated rings. The summed E-state index contributed by atoms with van der Waals surface area (Å²) in [7, 11) is 1.26. The summed E-state index contributed by atoms with van der Waals surface area (Å²) in [6.07, 6.45) is -6.25. The molecule has 1 amide bonds. The van der Waals surface area contributed by atoms with Crippen molar-refractivity contribution in [2.75, 3.05) is 7.11 Å². The van der Waals surface area contributed by atoms with Crippen molar-refractivity contribution in [1.29, 1.82) is 0 Å². The molecule has 5 rings (SSSR count). The number of hydrogen-bond acceptors (Lipinski definition) is 4. The van der Waals surface area contributed by atoms with E-state index in [1.165, 1.54) is 31.1 Å². The molecule has 0 spiro atoms. The fourth-order valence-electron chi connectivity index (χ4n) is 5.77. The summed E-state index contributed by atoms with van der Waals surface area (Å²) in [4.78, 5) is 26.4. The van der Waals surface area contributed by atoms with Gasteiger partial charge in [0.2, 0.25) is 0 Å². The molecule has 234 valence electrons. The number of alkyl halides is 3. The molecule has 1 saturated heterocycles. The lowest BCUT2D eigenvalue weighted by Crippen LogP contribution is -2.31. The first kappa shape index (κ1) is 31.7. The molecule has 0 aliphatic carbocycles. The van der Waals surface area contributed by atoms with E-state index in [1.807, 2.05) is 6.92 Å². The van der Waals surface area contributed by atoms with Gasteiger partial charge in [-0.05, 0) is 85.8 Å². The maximum atomic E-state index is 15.5. The normalized spacial score (nSPS) is 16.6. The third-order valence-corrected chi connectivity index (χ3v) is 8.03. The van der Waals surface area contributed by atoms with Gasteiger partial charge >= 0.3 is 18.2 Å². The van der Waals surface area contributed by atoms with Crippen molar-refractivity contribution >= 4 is 12.1 Å². The molecule has 0 radical (unpaired) electrons. The maximum Gasteiger partial charge on any atom is 0.416 e. The Bertz CT molecular complexity index is 1820. The maximum absolute atomic E-state index is 15.5. The second kappa shape index (κ2) is 12.0. The Kier molecular flexibility index (Phi) is 8.44. The number of benzene rings is 4. The zero-order valence-electron chi connectivity index (χ0n) is 25.2. The molecule has 0 aromatic heterocycles. The smallest absolute Gasteiger partial charge is 0.416 e. The number of aryl methyl sites for hydroxylation is 3. The summed E-state index contributed by atoms with van der Waals surface area (Å²) < 4.78 is 81.5. The zero-order chi connectivity index (χ0) is 32.8. The minimum atomic E-state index is -4.57. The minimum absolute atomic E-state index is 0.0372. The summed E-state index contributed by atoms with van der Waals surface area (Å²) in [5, 5.41) is 0. The molecule has 45 heavy (non-hydrogen) atoms. The number of rotatable bonds is 6. The van der Waals surface area contributed by atoms with Crippen LogP contribution in [0.1, 0.15) is 56.8 Å². The Morgan fingerprint density at radius 3 is 2.16 bits per heavy atom. The minimum Gasteiger partial charge on any atom is -0.465 e. The second-order valence-corrected chi connectivity index (χ2v) is 11.3. The Morgan fingerprint density at radius 2 is 1.51 bits per heavy atom. The van der Waals surface area contributed by atoms with Crippen LogP contribution < -0.4 is 0 Å². The summed E-state index contributed by atoms with van der Waals surface area (Å²) >= 11 is 0. The van der Waals surface area contributed by atoms with Gasteiger partial charge < -0.3 is 9.47 Å². The second-order valence-electron chi connectivity index (χ2n) is 11.3. The lowest BCUT2D eigenvalue weighted by molar-refractivity contribution is -0.137. The summed E-state index contributed by atoms with van der Waals surface area (Å²) in [6, 6.07) is 14.9. The molecule has 4 aromatic carbocycles. The molecular formula is C35H30F5NO4. The molecular weight excluding hydrogens is 593 g/mol. The number of cyclic esters (lactones) is 1. The first-order valence-corrected chi connectivity index (χ1v) is 14.1. The number of ether oxygens (including phenoxy) is 2. The van der Waals surface area contributed by atoms with Crippen LogP contribution in [0, 0.1) is 32.4 Å². The number of nitrogens with zero attached hydrogens (tertiary/aromatic N) is 1. The lowest BCUT2D eigenvalue weighted by atomic mass is 9.91. The molecule has 0 N–H and O–H groups in total. The van der Waals surface area contributed by atoms with Crippen LogP contribution >= 0.6 is 0 Å². The molecule has 1 aliphatic rings. The van der Waals surface area contributed by atoms with Gasteiger partial charge in [-0.25, -0.2) is 18.4 Å². The van der Waals surface area contributed by atoms with Crippen LogP contribution in [0.25, 0.3) is 22.3 Å². The van der Waals surface area contributed by atoms with Gasteiger partial charge in [-0.2, -0.15) is 13.2 Å². The van der Waals surface area contributed by atoms with Crippen molar-refractivity contribution in [2.24, 2.45) is 0 Å². The van der Waals surface area contributed by atoms with Gasteiger partial charge in [0, 0.05) is 17.2 Å². The van der Waals surface area contributed by atoms with Gasteiger partial charge in [-0.1, -0.05) is 41.5 Å². The summed E-state index contributed by atoms with van der Waals surface area (Å²) in [6.45, 7) is 6.70. The van der Waals surface area contributed by atoms with E-state index < -0.39 is 47.6 Å². The third-order valence-electron chi connectivity index (χ3n) is 8.03. The lowest BCUT2D eigenvalue weighted by Gasteiger charge is -2.23. The predicted molar refractivity (Wildman–Crippen MR) is 158 cm³/mol. The van der Waals surface area contributed by atoms with E-state index in [4.69, 9.17) is 9.47 Å². The van der Waals surface area contributed by atoms with Crippen LogP contribution in [0.5, 0.6) is 0 Å². The highest BCUT2D eigenvalue weighted by molar-refractivity contribution is 5.91. The van der Waals surface area contributed by atoms with Crippen LogP contribution in [0.4, 0.5) is 26.7 Å². The van der Waals surface area contributed by atoms with Crippen molar-refractivity contribution in [2.45, 2.75) is 52.6 Å². The van der Waals surface area contributed by atoms with Crippen LogP contribution in [0.3, 0.4) is 0 Å². The highest BCUT2D eigenvalue weighted by atomic mass is 19.4. The standard InChI is InChI=1S/C35H30F5NO4/c1-18-6-8-27(29-15-28(30(36)16-31(29)37)26-9-7-22(13-20(26)3)33(42)44-5)24(10-18)17-41-21(4)32(45-34(41)43)23-11-19(2)12-25(14-23)35(38,39)40/h6-16,21,32H,17H2,1-5H3/t21-,32-/m0/s1. The van der Waals surface area contributed by atoms with E-state index in [0.29, 0.717) is 27.8 Å². The first-order chi connectivity index (χ1) is 21.2. The van der Waals surface area contributed by atoms with E-state index in [9.17, 15) is 22.8 Å². The molecule has 1 aliphatic heterocycles.